The Balaban J connectivity index is 1.96. The summed E-state index contributed by atoms with van der Waals surface area (Å²) in [6.07, 6.45) is 2.31. The van der Waals surface area contributed by atoms with Crippen LogP contribution in [0.15, 0.2) is 51.7 Å². The third-order valence-corrected chi connectivity index (χ3v) is 4.82. The van der Waals surface area contributed by atoms with Crippen molar-refractivity contribution >= 4 is 28.8 Å². The quantitative estimate of drug-likeness (QED) is 0.527. The smallest absolute Gasteiger partial charge is 0.336 e. The molecule has 0 unspecified atom stereocenters. The Morgan fingerprint density at radius 2 is 2.04 bits per heavy atom. The lowest BCUT2D eigenvalue weighted by molar-refractivity contribution is 0.0982. The molecule has 0 saturated carbocycles. The molecule has 1 aliphatic heterocycles. The van der Waals surface area contributed by atoms with Gasteiger partial charge in [0.2, 0.25) is 0 Å². The Morgan fingerprint density at radius 3 is 2.81 bits per heavy atom. The Kier molecular flexibility index (Phi) is 4.24. The van der Waals surface area contributed by atoms with Crippen LogP contribution in [0.2, 0.25) is 0 Å². The Labute approximate surface area is 155 Å². The summed E-state index contributed by atoms with van der Waals surface area (Å²) < 4.78 is 10.7. The van der Waals surface area contributed by atoms with Crippen molar-refractivity contribution in [1.29, 1.82) is 0 Å². The number of nitrogens with zero attached hydrogens (tertiary/aromatic N) is 1. The van der Waals surface area contributed by atoms with E-state index in [2.05, 4.69) is 0 Å². The number of rotatable bonds is 3. The maximum Gasteiger partial charge on any atom is 0.336 e. The number of ether oxygens (including phenoxy) is 1. The Bertz CT molecular complexity index is 1120. The van der Waals surface area contributed by atoms with Gasteiger partial charge in [-0.15, -0.1) is 0 Å². The fourth-order valence-electron chi connectivity index (χ4n) is 3.58. The number of benzene rings is 2. The second-order valence-electron chi connectivity index (χ2n) is 6.35. The number of amides is 1. The van der Waals surface area contributed by atoms with Crippen LogP contribution >= 0.6 is 0 Å². The van der Waals surface area contributed by atoms with Gasteiger partial charge in [-0.2, -0.15) is 0 Å². The molecule has 0 fully saturated rings. The first-order valence-corrected chi connectivity index (χ1v) is 8.64. The number of aldehydes is 1. The molecular formula is C21H17NO5. The van der Waals surface area contributed by atoms with Gasteiger partial charge in [0, 0.05) is 29.2 Å². The van der Waals surface area contributed by atoms with Crippen molar-refractivity contribution in [2.45, 2.75) is 12.8 Å². The van der Waals surface area contributed by atoms with E-state index < -0.39 is 5.63 Å². The molecule has 0 radical (unpaired) electrons. The Hall–Kier alpha value is -3.41. The van der Waals surface area contributed by atoms with Gasteiger partial charge in [0.05, 0.1) is 7.11 Å². The molecule has 2 aromatic carbocycles. The van der Waals surface area contributed by atoms with Crippen LogP contribution in [-0.2, 0) is 6.42 Å². The van der Waals surface area contributed by atoms with Crippen LogP contribution in [0.25, 0.3) is 11.0 Å². The normalized spacial score (nSPS) is 13.3. The molecule has 0 N–H and O–H groups in total. The van der Waals surface area contributed by atoms with E-state index >= 15 is 0 Å². The van der Waals surface area contributed by atoms with Crippen molar-refractivity contribution in [2.75, 3.05) is 18.6 Å². The van der Waals surface area contributed by atoms with Crippen molar-refractivity contribution in [3.63, 3.8) is 0 Å². The van der Waals surface area contributed by atoms with E-state index in [1.807, 2.05) is 24.3 Å². The number of aryl methyl sites for hydroxylation is 1. The summed E-state index contributed by atoms with van der Waals surface area (Å²) >= 11 is 0. The number of carbonyl (C=O) groups excluding carboxylic acids is 2. The molecule has 2 heterocycles. The lowest BCUT2D eigenvalue weighted by Gasteiger charge is -2.30. The fraction of sp³-hybridized carbons (Fsp3) is 0.190. The van der Waals surface area contributed by atoms with Crippen molar-refractivity contribution in [1.82, 2.24) is 0 Å². The van der Waals surface area contributed by atoms with Crippen LogP contribution < -0.4 is 15.3 Å². The minimum atomic E-state index is -0.689. The first kappa shape index (κ1) is 17.0. The van der Waals surface area contributed by atoms with Crippen LogP contribution in [0, 0.1) is 0 Å². The predicted molar refractivity (Wildman–Crippen MR) is 101 cm³/mol. The van der Waals surface area contributed by atoms with Gasteiger partial charge in [0.15, 0.2) is 11.9 Å². The predicted octanol–water partition coefficient (Wildman–Crippen LogP) is 3.21. The minimum Gasteiger partial charge on any atom is -0.496 e. The summed E-state index contributed by atoms with van der Waals surface area (Å²) in [7, 11) is 1.45. The second-order valence-corrected chi connectivity index (χ2v) is 6.35. The zero-order chi connectivity index (χ0) is 19.0. The first-order chi connectivity index (χ1) is 13.1. The topological polar surface area (TPSA) is 76.8 Å². The zero-order valence-corrected chi connectivity index (χ0v) is 14.7. The number of methoxy groups -OCH3 is 1. The molecule has 6 heteroatoms. The van der Waals surface area contributed by atoms with Gasteiger partial charge in [-0.3, -0.25) is 9.59 Å². The van der Waals surface area contributed by atoms with Gasteiger partial charge in [-0.05, 0) is 36.6 Å². The van der Waals surface area contributed by atoms with E-state index in [1.165, 1.54) is 7.11 Å². The van der Waals surface area contributed by atoms with E-state index in [9.17, 15) is 14.4 Å². The maximum absolute atomic E-state index is 13.5. The maximum atomic E-state index is 13.5. The first-order valence-electron chi connectivity index (χ1n) is 8.64. The SMILES string of the molecule is COc1ccc2c(C=O)cc(=O)oc2c1C(=O)N1CCCc2ccccc21. The number of hydrogen-bond donors (Lipinski definition) is 0. The summed E-state index contributed by atoms with van der Waals surface area (Å²) in [4.78, 5) is 38.4. The van der Waals surface area contributed by atoms with Crippen LogP contribution in [0.4, 0.5) is 5.69 Å². The molecule has 0 saturated heterocycles. The number of carbonyl (C=O) groups is 2. The number of hydrogen-bond acceptors (Lipinski definition) is 5. The van der Waals surface area contributed by atoms with E-state index in [0.29, 0.717) is 24.0 Å². The van der Waals surface area contributed by atoms with Crippen molar-refractivity contribution in [3.05, 3.63) is 69.6 Å². The second kappa shape index (κ2) is 6.72. The summed E-state index contributed by atoms with van der Waals surface area (Å²) in [6, 6.07) is 12.1. The van der Waals surface area contributed by atoms with Crippen molar-refractivity contribution in [3.8, 4) is 5.75 Å². The van der Waals surface area contributed by atoms with E-state index in [0.717, 1.165) is 30.2 Å². The molecule has 1 aliphatic rings. The fourth-order valence-corrected chi connectivity index (χ4v) is 3.58. The molecule has 4 rings (SSSR count). The summed E-state index contributed by atoms with van der Waals surface area (Å²) in [6.45, 7) is 0.549. The molecular weight excluding hydrogens is 346 g/mol. The average Bonchev–Trinajstić information content (AvgIpc) is 2.71. The molecule has 6 nitrogen and oxygen atoms in total. The van der Waals surface area contributed by atoms with Gasteiger partial charge in [-0.1, -0.05) is 18.2 Å². The monoisotopic (exact) mass is 363 g/mol. The molecule has 3 aromatic rings. The third-order valence-electron chi connectivity index (χ3n) is 4.82. The van der Waals surface area contributed by atoms with Gasteiger partial charge in [-0.25, -0.2) is 4.79 Å². The van der Waals surface area contributed by atoms with Crippen LogP contribution in [-0.4, -0.2) is 25.8 Å². The number of fused-ring (bicyclic) bond motifs is 2. The lowest BCUT2D eigenvalue weighted by Crippen LogP contribution is -2.35. The molecule has 0 atom stereocenters. The molecule has 0 aliphatic carbocycles. The largest absolute Gasteiger partial charge is 0.496 e. The molecule has 1 aromatic heterocycles. The number of anilines is 1. The highest BCUT2D eigenvalue weighted by molar-refractivity contribution is 6.16. The lowest BCUT2D eigenvalue weighted by atomic mass is 9.99. The molecule has 27 heavy (non-hydrogen) atoms. The van der Waals surface area contributed by atoms with Gasteiger partial charge in [0.25, 0.3) is 5.91 Å². The average molecular weight is 363 g/mol. The zero-order valence-electron chi connectivity index (χ0n) is 14.7. The minimum absolute atomic E-state index is 0.0667. The van der Waals surface area contributed by atoms with Crippen molar-refractivity contribution in [2.24, 2.45) is 0 Å². The third kappa shape index (κ3) is 2.79. The highest BCUT2D eigenvalue weighted by Crippen LogP contribution is 2.34. The summed E-state index contributed by atoms with van der Waals surface area (Å²) in [5.74, 6) is -0.0300. The highest BCUT2D eigenvalue weighted by Gasteiger charge is 2.28. The van der Waals surface area contributed by atoms with Gasteiger partial charge in [0.1, 0.15) is 11.3 Å². The van der Waals surface area contributed by atoms with E-state index in [4.69, 9.17) is 9.15 Å². The number of para-hydroxylation sites is 1. The summed E-state index contributed by atoms with van der Waals surface area (Å²) in [5.41, 5.74) is 1.63. The van der Waals surface area contributed by atoms with Crippen molar-refractivity contribution < 1.29 is 18.7 Å². The standard InChI is InChI=1S/C21H17NO5/c1-26-17-9-8-15-14(12-23)11-18(24)27-20(15)19(17)21(25)22-10-4-6-13-5-2-3-7-16(13)22/h2-3,5,7-9,11-12H,4,6,10H2,1H3. The van der Waals surface area contributed by atoms with Crippen LogP contribution in [0.3, 0.4) is 0 Å². The van der Waals surface area contributed by atoms with Gasteiger partial charge >= 0.3 is 5.63 Å². The van der Waals surface area contributed by atoms with Crippen LogP contribution in [0.1, 0.15) is 32.7 Å². The Morgan fingerprint density at radius 1 is 1.22 bits per heavy atom. The summed E-state index contributed by atoms with van der Waals surface area (Å²) in [5, 5.41) is 0.402. The highest BCUT2D eigenvalue weighted by atomic mass is 16.5. The van der Waals surface area contributed by atoms with Gasteiger partial charge < -0.3 is 14.1 Å². The molecule has 136 valence electrons. The molecule has 1 amide bonds. The van der Waals surface area contributed by atoms with Crippen LogP contribution in [0.5, 0.6) is 5.75 Å². The molecule has 0 bridgehead atoms. The van der Waals surface area contributed by atoms with E-state index in [1.54, 1.807) is 17.0 Å². The van der Waals surface area contributed by atoms with E-state index in [-0.39, 0.29) is 22.6 Å². The molecule has 0 spiro atoms.